The fourth-order valence-electron chi connectivity index (χ4n) is 5.48. The molecule has 7 nitrogen and oxygen atoms in total. The molecule has 5 heterocycles. The maximum absolute atomic E-state index is 6.38. The number of aliphatic imine (C=N–C) groups is 2. The molecule has 0 unspecified atom stereocenters. The lowest BCUT2D eigenvalue weighted by molar-refractivity contribution is 0.196. The van der Waals surface area contributed by atoms with E-state index in [1.54, 1.807) is 6.20 Å². The Balaban J connectivity index is 1.21. The molecule has 4 aliphatic rings. The van der Waals surface area contributed by atoms with Gasteiger partial charge in [0, 0.05) is 55.7 Å². The average Bonchev–Trinajstić information content (AvgIpc) is 3.15. The van der Waals surface area contributed by atoms with Crippen molar-refractivity contribution in [2.24, 2.45) is 9.98 Å². The predicted octanol–water partition coefficient (Wildman–Crippen LogP) is 4.93. The van der Waals surface area contributed by atoms with Crippen LogP contribution in [-0.4, -0.2) is 59.6 Å². The SMILES string of the molecule is CN1C2=NC(N3CCC4(CC3)Cc3ccccc3N4C)=CC=NC1=C(Sc1ccnc(N)c1Cl)C=C2. The predicted molar refractivity (Wildman–Crippen MR) is 150 cm³/mol. The minimum Gasteiger partial charge on any atom is -0.382 e. The number of likely N-dealkylation sites (N-methyl/N-ethyl adjacent to an activating group) is 2. The molecule has 0 atom stereocenters. The number of halogens is 1. The lowest BCUT2D eigenvalue weighted by atomic mass is 9.84. The van der Waals surface area contributed by atoms with Gasteiger partial charge in [-0.05, 0) is 55.2 Å². The lowest BCUT2D eigenvalue weighted by Crippen LogP contribution is -2.52. The number of pyridine rings is 1. The number of nitrogen functional groups attached to an aromatic ring is 1. The van der Waals surface area contributed by atoms with Crippen LogP contribution in [0, 0.1) is 0 Å². The smallest absolute Gasteiger partial charge is 0.147 e. The van der Waals surface area contributed by atoms with Crippen molar-refractivity contribution >= 4 is 46.9 Å². The molecular weight excluding hydrogens is 490 g/mol. The lowest BCUT2D eigenvalue weighted by Gasteiger charge is -2.45. The van der Waals surface area contributed by atoms with Crippen LogP contribution in [0.25, 0.3) is 0 Å². The summed E-state index contributed by atoms with van der Waals surface area (Å²) in [7, 11) is 4.25. The highest BCUT2D eigenvalue weighted by Crippen LogP contribution is 2.44. The number of piperidine rings is 1. The van der Waals surface area contributed by atoms with Crippen molar-refractivity contribution in [2.75, 3.05) is 37.8 Å². The van der Waals surface area contributed by atoms with E-state index in [1.165, 1.54) is 23.0 Å². The second-order valence-electron chi connectivity index (χ2n) is 9.54. The number of hydrogen-bond acceptors (Lipinski definition) is 8. The highest BCUT2D eigenvalue weighted by atomic mass is 35.5. The zero-order valence-corrected chi connectivity index (χ0v) is 21.9. The van der Waals surface area contributed by atoms with Crippen LogP contribution in [0.4, 0.5) is 11.5 Å². The Morgan fingerprint density at radius 1 is 1.08 bits per heavy atom. The highest BCUT2D eigenvalue weighted by molar-refractivity contribution is 8.03. The zero-order valence-electron chi connectivity index (χ0n) is 20.4. The molecule has 2 aromatic rings. The van der Waals surface area contributed by atoms with E-state index in [-0.39, 0.29) is 5.54 Å². The largest absolute Gasteiger partial charge is 0.382 e. The molecule has 1 saturated heterocycles. The number of likely N-dealkylation sites (tertiary alicyclic amines) is 1. The summed E-state index contributed by atoms with van der Waals surface area (Å²) < 4.78 is 0. The van der Waals surface area contributed by atoms with Crippen LogP contribution >= 0.6 is 23.4 Å². The molecule has 2 bridgehead atoms. The van der Waals surface area contributed by atoms with Crippen LogP contribution in [0.5, 0.6) is 0 Å². The number of rotatable bonds is 3. The molecule has 9 heteroatoms. The first-order chi connectivity index (χ1) is 17.4. The molecule has 0 aliphatic carbocycles. The van der Waals surface area contributed by atoms with E-state index in [0.29, 0.717) is 10.8 Å². The number of benzene rings is 1. The third kappa shape index (κ3) is 3.89. The third-order valence-electron chi connectivity index (χ3n) is 7.62. The van der Waals surface area contributed by atoms with Crippen molar-refractivity contribution in [3.05, 3.63) is 81.9 Å². The molecule has 184 valence electrons. The molecule has 6 rings (SSSR count). The maximum Gasteiger partial charge on any atom is 0.147 e. The van der Waals surface area contributed by atoms with Gasteiger partial charge in [-0.2, -0.15) is 0 Å². The number of para-hydroxylation sites is 1. The van der Waals surface area contributed by atoms with E-state index >= 15 is 0 Å². The molecule has 36 heavy (non-hydrogen) atoms. The van der Waals surface area contributed by atoms with Gasteiger partial charge >= 0.3 is 0 Å². The molecule has 2 N–H and O–H groups in total. The Labute approximate surface area is 220 Å². The van der Waals surface area contributed by atoms with Crippen molar-refractivity contribution in [1.29, 1.82) is 0 Å². The number of allylic oxidation sites excluding steroid dienone is 2. The summed E-state index contributed by atoms with van der Waals surface area (Å²) in [6.45, 7) is 1.93. The van der Waals surface area contributed by atoms with E-state index < -0.39 is 0 Å². The quantitative estimate of drug-likeness (QED) is 0.622. The van der Waals surface area contributed by atoms with Crippen molar-refractivity contribution in [3.63, 3.8) is 0 Å². The summed E-state index contributed by atoms with van der Waals surface area (Å²) in [5.74, 6) is 2.97. The molecule has 1 aromatic heterocycles. The van der Waals surface area contributed by atoms with Crippen LogP contribution in [0.1, 0.15) is 18.4 Å². The summed E-state index contributed by atoms with van der Waals surface area (Å²) in [6, 6.07) is 10.7. The fraction of sp³-hybridized carbons (Fsp3) is 0.296. The summed E-state index contributed by atoms with van der Waals surface area (Å²) in [6.07, 6.45) is 12.9. The number of aromatic nitrogens is 1. The number of nitrogens with zero attached hydrogens (tertiary/aromatic N) is 6. The van der Waals surface area contributed by atoms with E-state index in [0.717, 1.165) is 59.6 Å². The summed E-state index contributed by atoms with van der Waals surface area (Å²) in [4.78, 5) is 22.6. The van der Waals surface area contributed by atoms with Gasteiger partial charge in [-0.15, -0.1) is 0 Å². The molecule has 4 aliphatic heterocycles. The Morgan fingerprint density at radius 2 is 1.89 bits per heavy atom. The molecule has 0 radical (unpaired) electrons. The number of amidine groups is 1. The van der Waals surface area contributed by atoms with Crippen LogP contribution in [0.3, 0.4) is 0 Å². The number of thioether (sulfide) groups is 1. The van der Waals surface area contributed by atoms with Gasteiger partial charge in [0.2, 0.25) is 0 Å². The molecule has 0 saturated carbocycles. The van der Waals surface area contributed by atoms with Crippen molar-refractivity contribution < 1.29 is 0 Å². The standard InChI is InChI=1S/C27H28ClN7S/c1-33-22-8-7-21(36-20-9-13-30-25(29)24(20)28)26(33)31-14-10-23(32-22)35-15-11-27(12-16-35)17-18-5-3-4-6-19(18)34(27)2/h3-10,13-14H,11-12,15-17H2,1-2H3,(H2,29,30). The van der Waals surface area contributed by atoms with Crippen LogP contribution in [-0.2, 0) is 6.42 Å². The number of anilines is 2. The Morgan fingerprint density at radius 3 is 2.69 bits per heavy atom. The summed E-state index contributed by atoms with van der Waals surface area (Å²) in [5.41, 5.74) is 8.93. The Bertz CT molecular complexity index is 1370. The summed E-state index contributed by atoms with van der Waals surface area (Å²) in [5, 5.41) is 0.460. The minimum absolute atomic E-state index is 0.199. The summed E-state index contributed by atoms with van der Waals surface area (Å²) >= 11 is 7.90. The maximum atomic E-state index is 6.38. The normalized spacial score (nSPS) is 20.4. The van der Waals surface area contributed by atoms with Crippen molar-refractivity contribution in [2.45, 2.75) is 29.7 Å². The van der Waals surface area contributed by atoms with Crippen LogP contribution in [0.15, 0.2) is 86.2 Å². The van der Waals surface area contributed by atoms with E-state index in [2.05, 4.69) is 46.1 Å². The van der Waals surface area contributed by atoms with Gasteiger partial charge in [-0.25, -0.2) is 15.0 Å². The van der Waals surface area contributed by atoms with E-state index in [9.17, 15) is 0 Å². The first-order valence-electron chi connectivity index (χ1n) is 12.1. The second kappa shape index (κ2) is 9.01. The average molecular weight is 518 g/mol. The van der Waals surface area contributed by atoms with Gasteiger partial charge in [0.25, 0.3) is 0 Å². The first-order valence-corrected chi connectivity index (χ1v) is 13.3. The van der Waals surface area contributed by atoms with Gasteiger partial charge < -0.3 is 20.4 Å². The van der Waals surface area contributed by atoms with Crippen molar-refractivity contribution in [1.82, 2.24) is 14.8 Å². The number of fused-ring (bicyclic) bond motifs is 3. The van der Waals surface area contributed by atoms with Crippen molar-refractivity contribution in [3.8, 4) is 0 Å². The second-order valence-corrected chi connectivity index (χ2v) is 11.0. The minimum atomic E-state index is 0.199. The molecule has 1 fully saturated rings. The van der Waals surface area contributed by atoms with E-state index in [4.69, 9.17) is 27.3 Å². The van der Waals surface area contributed by atoms with Gasteiger partial charge in [-0.3, -0.25) is 0 Å². The monoisotopic (exact) mass is 517 g/mol. The number of hydrogen-bond donors (Lipinski definition) is 1. The molecule has 1 spiro atoms. The topological polar surface area (TPSA) is 73.3 Å². The highest BCUT2D eigenvalue weighted by Gasteiger charge is 2.44. The Kier molecular flexibility index (Phi) is 5.80. The third-order valence-corrected chi connectivity index (χ3v) is 9.23. The molecule has 1 aromatic carbocycles. The van der Waals surface area contributed by atoms with E-state index in [1.807, 2.05) is 42.5 Å². The van der Waals surface area contributed by atoms with Crippen LogP contribution < -0.4 is 10.6 Å². The van der Waals surface area contributed by atoms with Gasteiger partial charge in [0.15, 0.2) is 0 Å². The molecular formula is C27H28ClN7S. The first kappa shape index (κ1) is 23.2. The van der Waals surface area contributed by atoms with Gasteiger partial charge in [0.1, 0.15) is 23.3 Å². The Hall–Kier alpha value is -3.23. The van der Waals surface area contributed by atoms with Gasteiger partial charge in [0.05, 0.1) is 9.93 Å². The van der Waals surface area contributed by atoms with Crippen LogP contribution in [0.2, 0.25) is 5.02 Å². The molecule has 0 amide bonds. The number of nitrogens with two attached hydrogens (primary N) is 1. The van der Waals surface area contributed by atoms with Gasteiger partial charge in [-0.1, -0.05) is 41.6 Å². The zero-order chi connectivity index (χ0) is 24.9. The fourth-order valence-corrected chi connectivity index (χ4v) is 6.68.